The highest BCUT2D eigenvalue weighted by Crippen LogP contribution is 2.48. The molecule has 1 aliphatic rings. The summed E-state index contributed by atoms with van der Waals surface area (Å²) in [5.74, 6) is 0. The lowest BCUT2D eigenvalue weighted by molar-refractivity contribution is -0.131. The third-order valence-corrected chi connectivity index (χ3v) is 2.24. The normalized spacial score (nSPS) is 19.1. The van der Waals surface area contributed by atoms with Gasteiger partial charge in [0, 0.05) is 5.57 Å². The van der Waals surface area contributed by atoms with Gasteiger partial charge in [0.15, 0.2) is 0 Å². The number of halogens is 9. The molecule has 0 aromatic rings. The summed E-state index contributed by atoms with van der Waals surface area (Å²) in [5, 5.41) is 0. The van der Waals surface area contributed by atoms with E-state index in [1.54, 1.807) is 0 Å². The first-order valence-electron chi connectivity index (χ1n) is 4.50. The molecule has 0 spiro atoms. The van der Waals surface area contributed by atoms with Crippen molar-refractivity contribution in [1.29, 1.82) is 0 Å². The summed E-state index contributed by atoms with van der Waals surface area (Å²) in [6.45, 7) is 0. The number of hydrogen-bond donors (Lipinski definition) is 0. The van der Waals surface area contributed by atoms with E-state index in [0.717, 1.165) is 0 Å². The number of rotatable bonds is 0. The van der Waals surface area contributed by atoms with E-state index in [0.29, 0.717) is 0 Å². The Morgan fingerprint density at radius 2 is 1.22 bits per heavy atom. The summed E-state index contributed by atoms with van der Waals surface area (Å²) in [6, 6.07) is 0. The van der Waals surface area contributed by atoms with Crippen LogP contribution in [-0.2, 0) is 0 Å². The molecule has 1 rings (SSSR count). The largest absolute Gasteiger partial charge is 0.417 e. The van der Waals surface area contributed by atoms with Gasteiger partial charge in [-0.3, -0.25) is 0 Å². The second kappa shape index (κ2) is 4.20. The van der Waals surface area contributed by atoms with Crippen LogP contribution in [0.4, 0.5) is 39.5 Å². The van der Waals surface area contributed by atoms with Crippen LogP contribution in [0.25, 0.3) is 0 Å². The Labute approximate surface area is 94.8 Å². The van der Waals surface area contributed by atoms with Crippen molar-refractivity contribution < 1.29 is 39.5 Å². The van der Waals surface area contributed by atoms with E-state index in [-0.39, 0.29) is 6.08 Å². The Morgan fingerprint density at radius 3 is 1.56 bits per heavy atom. The SMILES string of the molecule is FC(F)(F)C1=CCCC(C(F)(F)F)=C1C(F)(F)F. The fraction of sp³-hybridized carbons (Fsp3) is 0.556. The second-order valence-electron chi connectivity index (χ2n) is 3.50. The Morgan fingerprint density at radius 1 is 0.722 bits per heavy atom. The fourth-order valence-corrected chi connectivity index (χ4v) is 1.62. The number of alkyl halides is 9. The molecule has 0 fully saturated rings. The van der Waals surface area contributed by atoms with Crippen LogP contribution in [0.2, 0.25) is 0 Å². The van der Waals surface area contributed by atoms with Crippen molar-refractivity contribution in [1.82, 2.24) is 0 Å². The zero-order valence-corrected chi connectivity index (χ0v) is 8.39. The number of hydrogen-bond acceptors (Lipinski definition) is 0. The van der Waals surface area contributed by atoms with Crippen LogP contribution in [0.15, 0.2) is 22.8 Å². The minimum Gasteiger partial charge on any atom is -0.166 e. The summed E-state index contributed by atoms with van der Waals surface area (Å²) in [7, 11) is 0. The first kappa shape index (κ1) is 14.9. The Bertz CT molecular complexity index is 388. The minimum atomic E-state index is -5.70. The van der Waals surface area contributed by atoms with E-state index < -0.39 is 48.1 Å². The Kier molecular flexibility index (Phi) is 3.48. The molecule has 0 saturated heterocycles. The molecule has 104 valence electrons. The molecule has 18 heavy (non-hydrogen) atoms. The topological polar surface area (TPSA) is 0 Å². The van der Waals surface area contributed by atoms with Crippen LogP contribution in [0.1, 0.15) is 12.8 Å². The third kappa shape index (κ3) is 2.99. The van der Waals surface area contributed by atoms with E-state index in [4.69, 9.17) is 0 Å². The van der Waals surface area contributed by atoms with Crippen LogP contribution in [-0.4, -0.2) is 18.5 Å². The summed E-state index contributed by atoms with van der Waals surface area (Å²) in [5.41, 5.74) is -7.08. The van der Waals surface area contributed by atoms with Crippen molar-refractivity contribution in [3.8, 4) is 0 Å². The lowest BCUT2D eigenvalue weighted by Gasteiger charge is -2.26. The predicted octanol–water partition coefficient (Wildman–Crippen LogP) is 4.69. The Balaban J connectivity index is 3.49. The molecule has 0 amide bonds. The van der Waals surface area contributed by atoms with Gasteiger partial charge in [-0.1, -0.05) is 6.08 Å². The average Bonchev–Trinajstić information content (AvgIpc) is 2.12. The van der Waals surface area contributed by atoms with Crippen LogP contribution < -0.4 is 0 Å². The van der Waals surface area contributed by atoms with Gasteiger partial charge in [0.1, 0.15) is 0 Å². The van der Waals surface area contributed by atoms with Crippen molar-refractivity contribution in [3.63, 3.8) is 0 Å². The van der Waals surface area contributed by atoms with E-state index in [2.05, 4.69) is 0 Å². The molecule has 0 atom stereocenters. The first-order chi connectivity index (χ1) is 7.85. The van der Waals surface area contributed by atoms with Gasteiger partial charge in [-0.15, -0.1) is 0 Å². The van der Waals surface area contributed by atoms with E-state index in [9.17, 15) is 39.5 Å². The summed E-state index contributed by atoms with van der Waals surface area (Å²) >= 11 is 0. The zero-order valence-electron chi connectivity index (χ0n) is 8.39. The van der Waals surface area contributed by atoms with Gasteiger partial charge in [0.05, 0.1) is 11.1 Å². The highest BCUT2D eigenvalue weighted by molar-refractivity contribution is 5.46. The molecule has 0 N–H and O–H groups in total. The number of allylic oxidation sites excluding steroid dienone is 4. The zero-order chi connectivity index (χ0) is 14.4. The predicted molar refractivity (Wildman–Crippen MR) is 42.5 cm³/mol. The third-order valence-electron chi connectivity index (χ3n) is 2.24. The van der Waals surface area contributed by atoms with Crippen LogP contribution in [0.3, 0.4) is 0 Å². The van der Waals surface area contributed by atoms with Crippen molar-refractivity contribution in [2.24, 2.45) is 0 Å². The van der Waals surface area contributed by atoms with Crippen molar-refractivity contribution in [2.45, 2.75) is 31.4 Å². The van der Waals surface area contributed by atoms with Gasteiger partial charge in [0.25, 0.3) is 0 Å². The molecule has 0 bridgehead atoms. The fourth-order valence-electron chi connectivity index (χ4n) is 1.62. The van der Waals surface area contributed by atoms with Crippen LogP contribution in [0, 0.1) is 0 Å². The molecule has 0 saturated carbocycles. The van der Waals surface area contributed by atoms with Crippen molar-refractivity contribution in [2.75, 3.05) is 0 Å². The van der Waals surface area contributed by atoms with Gasteiger partial charge in [-0.25, -0.2) is 0 Å². The highest BCUT2D eigenvalue weighted by Gasteiger charge is 2.53. The molecule has 9 heteroatoms. The van der Waals surface area contributed by atoms with Crippen LogP contribution in [0.5, 0.6) is 0 Å². The molecule has 0 aromatic heterocycles. The van der Waals surface area contributed by atoms with Gasteiger partial charge < -0.3 is 0 Å². The molecule has 0 heterocycles. The average molecular weight is 284 g/mol. The van der Waals surface area contributed by atoms with Gasteiger partial charge in [-0.2, -0.15) is 39.5 Å². The van der Waals surface area contributed by atoms with Gasteiger partial charge in [-0.05, 0) is 12.8 Å². The minimum absolute atomic E-state index is 0.137. The molecule has 0 aromatic carbocycles. The smallest absolute Gasteiger partial charge is 0.166 e. The summed E-state index contributed by atoms with van der Waals surface area (Å²) in [4.78, 5) is 0. The quantitative estimate of drug-likeness (QED) is 0.566. The van der Waals surface area contributed by atoms with E-state index in [1.807, 2.05) is 0 Å². The van der Waals surface area contributed by atoms with Gasteiger partial charge >= 0.3 is 18.5 Å². The molecule has 0 unspecified atom stereocenters. The standard InChI is InChI=1S/C9H5F9/c10-7(11,12)4-2-1-3-5(8(13,14)15)6(4)9(16,17)18/h2H,1,3H2. The monoisotopic (exact) mass is 284 g/mol. The van der Waals surface area contributed by atoms with Crippen molar-refractivity contribution in [3.05, 3.63) is 22.8 Å². The molecule has 0 nitrogen and oxygen atoms in total. The van der Waals surface area contributed by atoms with Crippen LogP contribution >= 0.6 is 0 Å². The molecule has 1 aliphatic carbocycles. The maximum atomic E-state index is 12.4. The van der Waals surface area contributed by atoms with Crippen molar-refractivity contribution >= 4 is 0 Å². The molecular weight excluding hydrogens is 279 g/mol. The second-order valence-corrected chi connectivity index (χ2v) is 3.50. The molecular formula is C9H5F9. The maximum absolute atomic E-state index is 12.4. The lowest BCUT2D eigenvalue weighted by atomic mass is 9.89. The summed E-state index contributed by atoms with van der Waals surface area (Å²) < 4.78 is 111. The summed E-state index contributed by atoms with van der Waals surface area (Å²) in [6.07, 6.45) is -18.3. The molecule has 0 aliphatic heterocycles. The first-order valence-corrected chi connectivity index (χ1v) is 4.50. The Hall–Kier alpha value is -1.15. The lowest BCUT2D eigenvalue weighted by Crippen LogP contribution is -2.30. The van der Waals surface area contributed by atoms with E-state index in [1.165, 1.54) is 0 Å². The highest BCUT2D eigenvalue weighted by atomic mass is 19.4. The maximum Gasteiger partial charge on any atom is 0.417 e. The van der Waals surface area contributed by atoms with Gasteiger partial charge in [0.2, 0.25) is 0 Å². The molecule has 0 radical (unpaired) electrons. The van der Waals surface area contributed by atoms with E-state index >= 15 is 0 Å².